The molecule has 0 saturated heterocycles. The number of carbonyl (C=O) groups is 1. The standard InChI is InChI=1S/C17H14FN3O/c1-11-3-2-4-12(9-11)16(22)15-10-20-21(17(15)19)14-7-5-13(18)6-8-14/h2-10H,19H2,1H3. The Balaban J connectivity index is 2.00. The van der Waals surface area contributed by atoms with Gasteiger partial charge in [0.05, 0.1) is 17.4 Å². The summed E-state index contributed by atoms with van der Waals surface area (Å²) in [5.41, 5.74) is 8.52. The molecule has 0 bridgehead atoms. The number of nitrogen functional groups attached to an aromatic ring is 1. The topological polar surface area (TPSA) is 60.9 Å². The Labute approximate surface area is 127 Å². The van der Waals surface area contributed by atoms with E-state index in [2.05, 4.69) is 5.10 Å². The number of nitrogens with zero attached hydrogens (tertiary/aromatic N) is 2. The predicted molar refractivity (Wildman–Crippen MR) is 82.5 cm³/mol. The van der Waals surface area contributed by atoms with Crippen molar-refractivity contribution in [3.63, 3.8) is 0 Å². The Morgan fingerprint density at radius 3 is 2.59 bits per heavy atom. The number of hydrogen-bond acceptors (Lipinski definition) is 3. The van der Waals surface area contributed by atoms with Crippen molar-refractivity contribution >= 4 is 11.6 Å². The van der Waals surface area contributed by atoms with E-state index < -0.39 is 0 Å². The van der Waals surface area contributed by atoms with Crippen molar-refractivity contribution in [1.82, 2.24) is 9.78 Å². The SMILES string of the molecule is Cc1cccc(C(=O)c2cnn(-c3ccc(F)cc3)c2N)c1. The van der Waals surface area contributed by atoms with Gasteiger partial charge in [0.1, 0.15) is 11.6 Å². The lowest BCUT2D eigenvalue weighted by Gasteiger charge is -2.05. The Hall–Kier alpha value is -2.95. The van der Waals surface area contributed by atoms with Gasteiger partial charge in [0.2, 0.25) is 0 Å². The molecule has 3 rings (SSSR count). The van der Waals surface area contributed by atoms with Gasteiger partial charge >= 0.3 is 0 Å². The highest BCUT2D eigenvalue weighted by molar-refractivity contribution is 6.11. The van der Waals surface area contributed by atoms with Crippen LogP contribution in [0.5, 0.6) is 0 Å². The Morgan fingerprint density at radius 2 is 1.91 bits per heavy atom. The fraction of sp³-hybridized carbons (Fsp3) is 0.0588. The number of rotatable bonds is 3. The number of ketones is 1. The van der Waals surface area contributed by atoms with E-state index in [1.165, 1.54) is 23.0 Å². The summed E-state index contributed by atoms with van der Waals surface area (Å²) in [5, 5.41) is 4.13. The van der Waals surface area contributed by atoms with E-state index in [0.29, 0.717) is 16.8 Å². The zero-order chi connectivity index (χ0) is 15.7. The lowest BCUT2D eigenvalue weighted by molar-refractivity contribution is 0.103. The van der Waals surface area contributed by atoms with Gasteiger partial charge in [-0.15, -0.1) is 0 Å². The van der Waals surface area contributed by atoms with Gasteiger partial charge in [-0.1, -0.05) is 23.8 Å². The zero-order valence-corrected chi connectivity index (χ0v) is 12.0. The van der Waals surface area contributed by atoms with Gasteiger partial charge in [-0.2, -0.15) is 5.10 Å². The lowest BCUT2D eigenvalue weighted by Crippen LogP contribution is -2.07. The fourth-order valence-corrected chi connectivity index (χ4v) is 2.26. The first-order valence-corrected chi connectivity index (χ1v) is 6.77. The molecule has 0 amide bonds. The van der Waals surface area contributed by atoms with Gasteiger partial charge in [-0.3, -0.25) is 4.79 Å². The van der Waals surface area contributed by atoms with E-state index in [1.807, 2.05) is 19.1 Å². The van der Waals surface area contributed by atoms with Crippen LogP contribution in [0.25, 0.3) is 5.69 Å². The fourth-order valence-electron chi connectivity index (χ4n) is 2.26. The van der Waals surface area contributed by atoms with Crippen molar-refractivity contribution < 1.29 is 9.18 Å². The largest absolute Gasteiger partial charge is 0.383 e. The number of hydrogen-bond donors (Lipinski definition) is 1. The molecule has 1 heterocycles. The van der Waals surface area contributed by atoms with Crippen LogP contribution in [-0.4, -0.2) is 15.6 Å². The summed E-state index contributed by atoms with van der Waals surface area (Å²) in [6.45, 7) is 1.92. The van der Waals surface area contributed by atoms with Crippen LogP contribution in [0.4, 0.5) is 10.2 Å². The van der Waals surface area contributed by atoms with E-state index in [-0.39, 0.29) is 17.4 Å². The van der Waals surface area contributed by atoms with E-state index in [4.69, 9.17) is 5.73 Å². The predicted octanol–water partition coefficient (Wildman–Crippen LogP) is 3.13. The molecular formula is C17H14FN3O. The van der Waals surface area contributed by atoms with Crippen LogP contribution < -0.4 is 5.73 Å². The number of benzene rings is 2. The molecule has 2 N–H and O–H groups in total. The number of carbonyl (C=O) groups excluding carboxylic acids is 1. The average molecular weight is 295 g/mol. The quantitative estimate of drug-likeness (QED) is 0.755. The number of halogens is 1. The molecule has 0 fully saturated rings. The molecular weight excluding hydrogens is 281 g/mol. The van der Waals surface area contributed by atoms with Gasteiger partial charge in [0, 0.05) is 5.56 Å². The number of aryl methyl sites for hydroxylation is 1. The second-order valence-electron chi connectivity index (χ2n) is 5.03. The lowest BCUT2D eigenvalue weighted by atomic mass is 10.0. The molecule has 0 atom stereocenters. The van der Waals surface area contributed by atoms with Crippen LogP contribution in [-0.2, 0) is 0 Å². The van der Waals surface area contributed by atoms with Gasteiger partial charge in [-0.05, 0) is 37.3 Å². The third kappa shape index (κ3) is 2.48. The molecule has 0 aliphatic rings. The van der Waals surface area contributed by atoms with Crippen LogP contribution in [0, 0.1) is 12.7 Å². The first-order chi connectivity index (χ1) is 10.6. The summed E-state index contributed by atoms with van der Waals surface area (Å²) in [5.74, 6) is -0.293. The van der Waals surface area contributed by atoms with Crippen LogP contribution >= 0.6 is 0 Å². The zero-order valence-electron chi connectivity index (χ0n) is 12.0. The molecule has 0 aliphatic carbocycles. The Kier molecular flexibility index (Phi) is 3.47. The molecule has 0 aliphatic heterocycles. The van der Waals surface area contributed by atoms with Crippen LogP contribution in [0.2, 0.25) is 0 Å². The van der Waals surface area contributed by atoms with Crippen LogP contribution in [0.1, 0.15) is 21.5 Å². The molecule has 22 heavy (non-hydrogen) atoms. The molecule has 1 aromatic heterocycles. The highest BCUT2D eigenvalue weighted by Gasteiger charge is 2.17. The highest BCUT2D eigenvalue weighted by atomic mass is 19.1. The van der Waals surface area contributed by atoms with Crippen molar-refractivity contribution in [2.24, 2.45) is 0 Å². The molecule has 0 spiro atoms. The van der Waals surface area contributed by atoms with E-state index in [9.17, 15) is 9.18 Å². The van der Waals surface area contributed by atoms with Crippen molar-refractivity contribution in [3.05, 3.63) is 77.2 Å². The van der Waals surface area contributed by atoms with E-state index >= 15 is 0 Å². The first kappa shape index (κ1) is 14.0. The first-order valence-electron chi connectivity index (χ1n) is 6.77. The minimum atomic E-state index is -0.342. The maximum Gasteiger partial charge on any atom is 0.198 e. The maximum atomic E-state index is 13.0. The summed E-state index contributed by atoms with van der Waals surface area (Å²) in [6.07, 6.45) is 1.43. The highest BCUT2D eigenvalue weighted by Crippen LogP contribution is 2.20. The molecule has 0 saturated carbocycles. The van der Waals surface area contributed by atoms with Crippen molar-refractivity contribution in [2.75, 3.05) is 5.73 Å². The smallest absolute Gasteiger partial charge is 0.198 e. The molecule has 110 valence electrons. The summed E-state index contributed by atoms with van der Waals surface area (Å²) in [7, 11) is 0. The monoisotopic (exact) mass is 295 g/mol. The van der Waals surface area contributed by atoms with E-state index in [0.717, 1.165) is 5.56 Å². The molecule has 0 radical (unpaired) electrons. The van der Waals surface area contributed by atoms with Gasteiger partial charge in [0.25, 0.3) is 0 Å². The van der Waals surface area contributed by atoms with E-state index in [1.54, 1.807) is 24.3 Å². The minimum absolute atomic E-state index is 0.186. The average Bonchev–Trinajstić information content (AvgIpc) is 2.89. The van der Waals surface area contributed by atoms with Crippen LogP contribution in [0.15, 0.2) is 54.7 Å². The molecule has 3 aromatic rings. The summed E-state index contributed by atoms with van der Waals surface area (Å²) in [4.78, 5) is 12.5. The normalized spacial score (nSPS) is 10.6. The van der Waals surface area contributed by atoms with Crippen molar-refractivity contribution in [3.8, 4) is 5.69 Å². The molecule has 4 nitrogen and oxygen atoms in total. The minimum Gasteiger partial charge on any atom is -0.383 e. The summed E-state index contributed by atoms with van der Waals surface area (Å²) in [6, 6.07) is 13.0. The van der Waals surface area contributed by atoms with Crippen molar-refractivity contribution in [1.29, 1.82) is 0 Å². The van der Waals surface area contributed by atoms with Crippen molar-refractivity contribution in [2.45, 2.75) is 6.92 Å². The second-order valence-corrected chi connectivity index (χ2v) is 5.03. The molecule has 2 aromatic carbocycles. The number of anilines is 1. The number of aromatic nitrogens is 2. The third-order valence-electron chi connectivity index (χ3n) is 3.40. The third-order valence-corrected chi connectivity index (χ3v) is 3.40. The number of nitrogens with two attached hydrogens (primary N) is 1. The van der Waals surface area contributed by atoms with Gasteiger partial charge in [-0.25, -0.2) is 9.07 Å². The van der Waals surface area contributed by atoms with Gasteiger partial charge in [0.15, 0.2) is 5.78 Å². The molecule has 5 heteroatoms. The molecule has 0 unspecified atom stereocenters. The Morgan fingerprint density at radius 1 is 1.18 bits per heavy atom. The summed E-state index contributed by atoms with van der Waals surface area (Å²) >= 11 is 0. The second kappa shape index (κ2) is 5.44. The van der Waals surface area contributed by atoms with Gasteiger partial charge < -0.3 is 5.73 Å². The maximum absolute atomic E-state index is 13.0. The summed E-state index contributed by atoms with van der Waals surface area (Å²) < 4.78 is 14.4. The Bertz CT molecular complexity index is 837. The van der Waals surface area contributed by atoms with Crippen LogP contribution in [0.3, 0.4) is 0 Å².